The van der Waals surface area contributed by atoms with Crippen LogP contribution in [0, 0.1) is 5.41 Å². The van der Waals surface area contributed by atoms with Crippen molar-refractivity contribution in [3.63, 3.8) is 0 Å². The van der Waals surface area contributed by atoms with Gasteiger partial charge in [-0.15, -0.1) is 0 Å². The fraction of sp³-hybridized carbons (Fsp3) is 0.929. The molecule has 3 rings (SSSR count). The maximum absolute atomic E-state index is 4.50. The summed E-state index contributed by atoms with van der Waals surface area (Å²) in [6, 6.07) is 0. The van der Waals surface area contributed by atoms with Gasteiger partial charge in [0.25, 0.3) is 0 Å². The van der Waals surface area contributed by atoms with Gasteiger partial charge in [0.05, 0.1) is 6.67 Å². The number of nitrogens with zero attached hydrogens (tertiary/aromatic N) is 2. The third kappa shape index (κ3) is 2.71. The molecule has 17 heavy (non-hydrogen) atoms. The molecule has 0 atom stereocenters. The van der Waals surface area contributed by atoms with Crippen LogP contribution in [0.4, 0.5) is 0 Å². The molecule has 2 heterocycles. The first-order valence-corrected chi connectivity index (χ1v) is 7.32. The standard InChI is InChI=1S/C14H25N3/c1-2-4-14(5-3-1)6-8-17(9-7-14)11-13-10-15-12-16-13/h15H,1-12H2. The smallest absolute Gasteiger partial charge is 0.0888 e. The molecule has 0 radical (unpaired) electrons. The van der Waals surface area contributed by atoms with E-state index in [4.69, 9.17) is 0 Å². The van der Waals surface area contributed by atoms with E-state index in [1.54, 1.807) is 0 Å². The molecule has 0 unspecified atom stereocenters. The maximum atomic E-state index is 4.50. The van der Waals surface area contributed by atoms with Crippen LogP contribution in [0.1, 0.15) is 44.9 Å². The summed E-state index contributed by atoms with van der Waals surface area (Å²) in [5.74, 6) is 0. The highest BCUT2D eigenvalue weighted by Crippen LogP contribution is 2.44. The van der Waals surface area contributed by atoms with Crippen molar-refractivity contribution in [2.24, 2.45) is 10.4 Å². The molecule has 0 bridgehead atoms. The highest BCUT2D eigenvalue weighted by molar-refractivity contribution is 5.89. The molecule has 2 fully saturated rings. The van der Waals surface area contributed by atoms with Gasteiger partial charge in [0.2, 0.25) is 0 Å². The topological polar surface area (TPSA) is 27.6 Å². The maximum Gasteiger partial charge on any atom is 0.0888 e. The summed E-state index contributed by atoms with van der Waals surface area (Å²) in [5.41, 5.74) is 2.11. The van der Waals surface area contributed by atoms with Gasteiger partial charge >= 0.3 is 0 Å². The zero-order chi connectivity index (χ0) is 11.6. The van der Waals surface area contributed by atoms with Gasteiger partial charge in [-0.05, 0) is 44.2 Å². The predicted octanol–water partition coefficient (Wildman–Crippen LogP) is 2.03. The Balaban J connectivity index is 1.49. The van der Waals surface area contributed by atoms with E-state index in [9.17, 15) is 0 Å². The van der Waals surface area contributed by atoms with Gasteiger partial charge in [-0.1, -0.05) is 19.3 Å². The van der Waals surface area contributed by atoms with E-state index >= 15 is 0 Å². The summed E-state index contributed by atoms with van der Waals surface area (Å²) in [7, 11) is 0. The van der Waals surface area contributed by atoms with E-state index < -0.39 is 0 Å². The third-order valence-corrected chi connectivity index (χ3v) is 4.98. The first-order valence-electron chi connectivity index (χ1n) is 7.32. The Bertz CT molecular complexity index is 282. The lowest BCUT2D eigenvalue weighted by Gasteiger charge is -2.44. The van der Waals surface area contributed by atoms with Crippen LogP contribution in [0.3, 0.4) is 0 Å². The van der Waals surface area contributed by atoms with E-state index in [0.717, 1.165) is 25.2 Å². The molecule has 1 saturated carbocycles. The minimum absolute atomic E-state index is 0.741. The van der Waals surface area contributed by atoms with Crippen molar-refractivity contribution in [2.75, 3.05) is 32.8 Å². The van der Waals surface area contributed by atoms with E-state index in [1.165, 1.54) is 63.7 Å². The van der Waals surface area contributed by atoms with Crippen molar-refractivity contribution in [3.05, 3.63) is 0 Å². The first kappa shape index (κ1) is 11.7. The minimum Gasteiger partial charge on any atom is -0.298 e. The van der Waals surface area contributed by atoms with E-state index in [1.807, 2.05) is 0 Å². The highest BCUT2D eigenvalue weighted by atomic mass is 15.2. The Morgan fingerprint density at radius 3 is 2.47 bits per heavy atom. The van der Waals surface area contributed by atoms with E-state index in [2.05, 4.69) is 15.2 Å². The summed E-state index contributed by atoms with van der Waals surface area (Å²) in [4.78, 5) is 7.11. The molecular formula is C14H25N3. The van der Waals surface area contributed by atoms with E-state index in [0.29, 0.717) is 0 Å². The van der Waals surface area contributed by atoms with Crippen LogP contribution in [0.25, 0.3) is 0 Å². The lowest BCUT2D eigenvalue weighted by atomic mass is 9.68. The van der Waals surface area contributed by atoms with Crippen LogP contribution in [0.15, 0.2) is 4.99 Å². The lowest BCUT2D eigenvalue weighted by molar-refractivity contribution is 0.0755. The van der Waals surface area contributed by atoms with Gasteiger partial charge in [0.1, 0.15) is 0 Å². The Morgan fingerprint density at radius 1 is 1.06 bits per heavy atom. The van der Waals surface area contributed by atoms with Crippen molar-refractivity contribution in [2.45, 2.75) is 44.9 Å². The monoisotopic (exact) mass is 235 g/mol. The van der Waals surface area contributed by atoms with Crippen LogP contribution in [-0.4, -0.2) is 43.5 Å². The summed E-state index contributed by atoms with van der Waals surface area (Å²) >= 11 is 0. The fourth-order valence-corrected chi connectivity index (χ4v) is 3.78. The number of likely N-dealkylation sites (tertiary alicyclic amines) is 1. The largest absolute Gasteiger partial charge is 0.298 e. The Hall–Kier alpha value is -0.410. The second-order valence-corrected chi connectivity index (χ2v) is 6.15. The van der Waals surface area contributed by atoms with Crippen molar-refractivity contribution < 1.29 is 0 Å². The number of hydrogen-bond acceptors (Lipinski definition) is 3. The zero-order valence-corrected chi connectivity index (χ0v) is 10.9. The fourth-order valence-electron chi connectivity index (χ4n) is 3.78. The molecule has 1 N–H and O–H groups in total. The summed E-state index contributed by atoms with van der Waals surface area (Å²) in [5, 5.41) is 3.29. The van der Waals surface area contributed by atoms with Crippen molar-refractivity contribution in [1.82, 2.24) is 10.2 Å². The molecule has 1 spiro atoms. The molecule has 1 saturated heterocycles. The number of aliphatic imine (C=N–C) groups is 1. The predicted molar refractivity (Wildman–Crippen MR) is 71.5 cm³/mol. The zero-order valence-electron chi connectivity index (χ0n) is 10.9. The Labute approximate surface area is 105 Å². The van der Waals surface area contributed by atoms with Crippen LogP contribution < -0.4 is 5.32 Å². The average Bonchev–Trinajstić information content (AvgIpc) is 2.87. The summed E-state index contributed by atoms with van der Waals surface area (Å²) in [6.45, 7) is 5.58. The molecular weight excluding hydrogens is 210 g/mol. The number of nitrogens with one attached hydrogen (secondary N) is 1. The third-order valence-electron chi connectivity index (χ3n) is 4.98. The number of piperidine rings is 1. The lowest BCUT2D eigenvalue weighted by Crippen LogP contribution is -2.43. The highest BCUT2D eigenvalue weighted by Gasteiger charge is 2.35. The van der Waals surface area contributed by atoms with Crippen LogP contribution in [0.5, 0.6) is 0 Å². The first-order chi connectivity index (χ1) is 8.36. The average molecular weight is 235 g/mol. The molecule has 0 aromatic heterocycles. The Morgan fingerprint density at radius 2 is 1.82 bits per heavy atom. The van der Waals surface area contributed by atoms with Crippen molar-refractivity contribution >= 4 is 5.71 Å². The van der Waals surface area contributed by atoms with Crippen molar-refractivity contribution in [1.29, 1.82) is 0 Å². The molecule has 2 aliphatic heterocycles. The summed E-state index contributed by atoms with van der Waals surface area (Å²) in [6.07, 6.45) is 10.3. The molecule has 3 nitrogen and oxygen atoms in total. The molecule has 3 heteroatoms. The van der Waals surface area contributed by atoms with Gasteiger partial charge in [0, 0.05) is 18.8 Å². The molecule has 0 amide bonds. The van der Waals surface area contributed by atoms with Crippen LogP contribution in [-0.2, 0) is 0 Å². The molecule has 96 valence electrons. The normalized spacial score (nSPS) is 29.5. The minimum atomic E-state index is 0.741. The van der Waals surface area contributed by atoms with Gasteiger partial charge in [-0.25, -0.2) is 0 Å². The second-order valence-electron chi connectivity index (χ2n) is 6.15. The van der Waals surface area contributed by atoms with Gasteiger partial charge in [0.15, 0.2) is 0 Å². The SMILES string of the molecule is C1CCC2(CC1)CCN(CC1=NCNC1)CC2. The molecule has 1 aliphatic carbocycles. The number of hydrogen-bond donors (Lipinski definition) is 1. The van der Waals surface area contributed by atoms with Gasteiger partial charge in [-0.2, -0.15) is 0 Å². The van der Waals surface area contributed by atoms with Gasteiger partial charge < -0.3 is 0 Å². The Kier molecular flexibility index (Phi) is 3.48. The van der Waals surface area contributed by atoms with Crippen LogP contribution >= 0.6 is 0 Å². The number of rotatable bonds is 2. The van der Waals surface area contributed by atoms with E-state index in [-0.39, 0.29) is 0 Å². The molecule has 0 aromatic rings. The van der Waals surface area contributed by atoms with Gasteiger partial charge in [-0.3, -0.25) is 15.2 Å². The van der Waals surface area contributed by atoms with Crippen molar-refractivity contribution in [3.8, 4) is 0 Å². The molecule has 3 aliphatic rings. The molecule has 0 aromatic carbocycles. The quantitative estimate of drug-likeness (QED) is 0.793. The second kappa shape index (κ2) is 5.07. The summed E-state index contributed by atoms with van der Waals surface area (Å²) < 4.78 is 0. The van der Waals surface area contributed by atoms with Crippen LogP contribution in [0.2, 0.25) is 0 Å².